The third kappa shape index (κ3) is 6.77. The predicted octanol–water partition coefficient (Wildman–Crippen LogP) is 6.90. The van der Waals surface area contributed by atoms with Crippen molar-refractivity contribution in [3.8, 4) is 0 Å². The maximum absolute atomic E-state index is 17.7. The Labute approximate surface area is 358 Å². The Bertz CT molecular complexity index is 2430. The molecular weight excluding hydrogens is 801 g/mol. The lowest BCUT2D eigenvalue weighted by Crippen LogP contribution is -2.71. The highest BCUT2D eigenvalue weighted by Crippen LogP contribution is 2.72. The Kier molecular flexibility index (Phi) is 10.3. The Morgan fingerprint density at radius 2 is 1.63 bits per heavy atom. The van der Waals surface area contributed by atoms with E-state index in [1.54, 1.807) is 33.2 Å². The molecular formula is C49H51F2NO10. The summed E-state index contributed by atoms with van der Waals surface area (Å²) in [7, 11) is 0. The number of pyridine rings is 1. The Balaban J connectivity index is 0.775. The van der Waals surface area contributed by atoms with E-state index in [1.165, 1.54) is 19.1 Å². The maximum Gasteiger partial charge on any atom is 0.306 e. The zero-order chi connectivity index (χ0) is 44.0. The number of allylic oxidation sites excluding steroid dienone is 4. The number of esters is 2. The summed E-state index contributed by atoms with van der Waals surface area (Å²) in [5.41, 5.74) is -4.19. The first-order valence-corrected chi connectivity index (χ1v) is 21.5. The van der Waals surface area contributed by atoms with Crippen molar-refractivity contribution in [2.24, 2.45) is 28.6 Å². The van der Waals surface area contributed by atoms with Gasteiger partial charge >= 0.3 is 11.9 Å². The van der Waals surface area contributed by atoms with Crippen LogP contribution in [-0.2, 0) is 55.9 Å². The average Bonchev–Trinajstić information content (AvgIpc) is 3.94. The second-order valence-corrected chi connectivity index (χ2v) is 19.1. The van der Waals surface area contributed by atoms with E-state index in [-0.39, 0.29) is 61.9 Å². The van der Waals surface area contributed by atoms with E-state index in [1.807, 2.05) is 48.5 Å². The van der Waals surface area contributed by atoms with Crippen molar-refractivity contribution in [1.82, 2.24) is 4.98 Å². The molecule has 0 amide bonds. The number of Topliss-reactive ketones (excluding diaryl/α,β-unsaturated/α-hetero) is 2. The molecule has 4 saturated carbocycles. The molecule has 1 N–H and O–H groups in total. The van der Waals surface area contributed by atoms with Gasteiger partial charge in [0.15, 0.2) is 29.4 Å². The summed E-state index contributed by atoms with van der Waals surface area (Å²) < 4.78 is 57.2. The molecule has 1 aliphatic heterocycles. The van der Waals surface area contributed by atoms with Crippen LogP contribution in [0.25, 0.3) is 10.8 Å². The number of ketones is 3. The smallest absolute Gasteiger partial charge is 0.306 e. The molecule has 2 aromatic carbocycles. The van der Waals surface area contributed by atoms with Gasteiger partial charge in [-0.25, -0.2) is 8.78 Å². The van der Waals surface area contributed by atoms with Crippen LogP contribution >= 0.6 is 0 Å². The molecule has 13 heteroatoms. The first-order chi connectivity index (χ1) is 29.4. The Hall–Kier alpha value is -4.98. The molecule has 2 heterocycles. The van der Waals surface area contributed by atoms with Crippen molar-refractivity contribution in [1.29, 1.82) is 0 Å². The molecule has 326 valence electrons. The number of rotatable bonds is 12. The van der Waals surface area contributed by atoms with Crippen LogP contribution in [-0.4, -0.2) is 81.4 Å². The van der Waals surface area contributed by atoms with Crippen molar-refractivity contribution in [2.45, 2.75) is 121 Å². The van der Waals surface area contributed by atoms with Gasteiger partial charge < -0.3 is 24.1 Å². The summed E-state index contributed by atoms with van der Waals surface area (Å²) in [6.07, 6.45) is 3.12. The third-order valence-corrected chi connectivity index (χ3v) is 15.0. The van der Waals surface area contributed by atoms with E-state index in [0.29, 0.717) is 6.42 Å². The lowest BCUT2D eigenvalue weighted by Gasteiger charge is -2.63. The SMILES string of the molecule is CC1(C)O[C@@H]2C[C@H]3[C@@H]4C[C@H](F)C5=CC(=O)C=C[C@]5(C)[C@@]4(F)[C@@H](O)C[C@]3(C)[C@]2(C(=O)COC(=O)CCC(=O)OCc2ccc(C3CC3C(=O)Cc3ccc4cnccc4c3)cc2)O1. The van der Waals surface area contributed by atoms with E-state index < -0.39 is 88.2 Å². The summed E-state index contributed by atoms with van der Waals surface area (Å²) in [5, 5.41) is 13.9. The van der Waals surface area contributed by atoms with Gasteiger partial charge in [0.1, 0.15) is 18.6 Å². The molecule has 1 aromatic heterocycles. The molecule has 1 saturated heterocycles. The van der Waals surface area contributed by atoms with Crippen molar-refractivity contribution >= 4 is 40.1 Å². The van der Waals surface area contributed by atoms with Crippen LogP contribution in [0.15, 0.2) is 84.7 Å². The van der Waals surface area contributed by atoms with Crippen LogP contribution in [0.4, 0.5) is 8.78 Å². The van der Waals surface area contributed by atoms with E-state index in [9.17, 15) is 29.1 Å². The van der Waals surface area contributed by atoms with Crippen molar-refractivity contribution in [2.75, 3.05) is 6.61 Å². The number of halogens is 2. The largest absolute Gasteiger partial charge is 0.461 e. The highest BCUT2D eigenvalue weighted by molar-refractivity contribution is 6.01. The maximum atomic E-state index is 17.7. The molecule has 6 aliphatic rings. The normalized spacial score (nSPS) is 36.1. The molecule has 0 spiro atoms. The summed E-state index contributed by atoms with van der Waals surface area (Å²) in [6, 6.07) is 15.5. The van der Waals surface area contributed by atoms with Crippen LogP contribution in [0.2, 0.25) is 0 Å². The number of carbonyl (C=O) groups is 5. The summed E-state index contributed by atoms with van der Waals surface area (Å²) in [5.74, 6) is -5.21. The van der Waals surface area contributed by atoms with Gasteiger partial charge in [0.25, 0.3) is 0 Å². The van der Waals surface area contributed by atoms with Gasteiger partial charge in [-0.15, -0.1) is 0 Å². The number of hydrogen-bond acceptors (Lipinski definition) is 11. The van der Waals surface area contributed by atoms with Crippen molar-refractivity contribution in [3.63, 3.8) is 0 Å². The topological polar surface area (TPSA) is 155 Å². The van der Waals surface area contributed by atoms with E-state index in [4.69, 9.17) is 18.9 Å². The summed E-state index contributed by atoms with van der Waals surface area (Å²) in [4.78, 5) is 69.4. The predicted molar refractivity (Wildman–Crippen MR) is 220 cm³/mol. The lowest BCUT2D eigenvalue weighted by atomic mass is 9.44. The number of benzene rings is 2. The molecule has 9 rings (SSSR count). The van der Waals surface area contributed by atoms with Gasteiger partial charge in [-0.3, -0.25) is 29.0 Å². The molecule has 5 fully saturated rings. The highest BCUT2D eigenvalue weighted by Gasteiger charge is 2.80. The average molecular weight is 852 g/mol. The number of hydrogen-bond donors (Lipinski definition) is 1. The van der Waals surface area contributed by atoms with Crippen molar-refractivity contribution in [3.05, 3.63) is 101 Å². The third-order valence-electron chi connectivity index (χ3n) is 15.0. The van der Waals surface area contributed by atoms with Crippen LogP contribution in [0.5, 0.6) is 0 Å². The van der Waals surface area contributed by atoms with Crippen molar-refractivity contribution < 1.29 is 56.8 Å². The summed E-state index contributed by atoms with van der Waals surface area (Å²) >= 11 is 0. The number of ether oxygens (including phenoxy) is 4. The molecule has 5 aliphatic carbocycles. The number of nitrogens with zero attached hydrogens (tertiary/aromatic N) is 1. The van der Waals surface area contributed by atoms with Gasteiger partial charge in [0.2, 0.25) is 5.78 Å². The lowest BCUT2D eigenvalue weighted by molar-refractivity contribution is -0.249. The number of fused-ring (bicyclic) bond motifs is 8. The number of carbonyl (C=O) groups excluding carboxylic acids is 5. The zero-order valence-corrected chi connectivity index (χ0v) is 35.2. The van der Waals surface area contributed by atoms with Crippen LogP contribution < -0.4 is 0 Å². The Morgan fingerprint density at radius 1 is 0.903 bits per heavy atom. The van der Waals surface area contributed by atoms with Gasteiger partial charge in [0, 0.05) is 46.9 Å². The molecule has 11 nitrogen and oxygen atoms in total. The minimum Gasteiger partial charge on any atom is -0.461 e. The first-order valence-electron chi connectivity index (χ1n) is 21.5. The summed E-state index contributed by atoms with van der Waals surface area (Å²) in [6.45, 7) is 5.77. The number of aliphatic hydroxyl groups excluding tert-OH is 1. The van der Waals surface area contributed by atoms with E-state index in [0.717, 1.165) is 40.0 Å². The fourth-order valence-corrected chi connectivity index (χ4v) is 11.9. The molecule has 3 aromatic rings. The molecule has 0 radical (unpaired) electrons. The van der Waals surface area contributed by atoms with Crippen LogP contribution in [0.1, 0.15) is 88.8 Å². The fraction of sp³-hybridized carbons (Fsp3) is 0.510. The zero-order valence-electron chi connectivity index (χ0n) is 35.2. The second-order valence-electron chi connectivity index (χ2n) is 19.1. The first kappa shape index (κ1) is 42.3. The quantitative estimate of drug-likeness (QED) is 0.189. The van der Waals surface area contributed by atoms with Crippen LogP contribution in [0.3, 0.4) is 0 Å². The van der Waals surface area contributed by atoms with Gasteiger partial charge in [0.05, 0.1) is 25.0 Å². The minimum atomic E-state index is -2.36. The molecule has 2 unspecified atom stereocenters. The second kappa shape index (κ2) is 15.1. The van der Waals surface area contributed by atoms with Gasteiger partial charge in [-0.05, 0) is 104 Å². The van der Waals surface area contributed by atoms with Gasteiger partial charge in [-0.2, -0.15) is 0 Å². The standard InChI is InChI=1S/C49H51F2NO10/c1-45(2)61-42-22-35-36-21-38(50)37-19-32(53)13-15-46(37,3)48(36,51)40(55)23-47(35,4)49(42,62-45)41(56)26-60-44(58)12-11-43(57)59-25-27-5-8-29(9-6-27)33-20-34(33)39(54)18-28-7-10-31-24-52-16-14-30(31)17-28/h5-10,13-17,19,24,33-36,38,40,42,55H,11-12,18,20-23,25-26H2,1-4H3/t33?,34?,35-,36-,38-,40-,42+,46-,47-,48-,49+/m0/s1. The highest BCUT2D eigenvalue weighted by atomic mass is 19.1. The number of aliphatic hydroxyl groups is 1. The van der Waals surface area contributed by atoms with Gasteiger partial charge in [-0.1, -0.05) is 55.5 Å². The minimum absolute atomic E-state index is 0.00135. The van der Waals surface area contributed by atoms with E-state index >= 15 is 8.78 Å². The monoisotopic (exact) mass is 851 g/mol. The van der Waals surface area contributed by atoms with E-state index in [2.05, 4.69) is 4.98 Å². The molecule has 62 heavy (non-hydrogen) atoms. The van der Waals surface area contributed by atoms with Crippen LogP contribution in [0, 0.1) is 28.6 Å². The molecule has 11 atom stereocenters. The Morgan fingerprint density at radius 3 is 2.39 bits per heavy atom. The molecule has 0 bridgehead atoms. The number of alkyl halides is 2. The number of aromatic nitrogens is 1. The fourth-order valence-electron chi connectivity index (χ4n) is 11.9.